The summed E-state index contributed by atoms with van der Waals surface area (Å²) in [4.78, 5) is 48.4. The summed E-state index contributed by atoms with van der Waals surface area (Å²) >= 11 is 6.97. The third-order valence-electron chi connectivity index (χ3n) is 8.96. The van der Waals surface area contributed by atoms with Crippen LogP contribution < -0.4 is 21.1 Å². The largest absolute Gasteiger partial charge is 0.416 e. The van der Waals surface area contributed by atoms with E-state index in [4.69, 9.17) is 16.3 Å². The van der Waals surface area contributed by atoms with Crippen LogP contribution in [0.2, 0.25) is 5.02 Å². The van der Waals surface area contributed by atoms with E-state index in [1.54, 1.807) is 16.5 Å². The predicted molar refractivity (Wildman–Crippen MR) is 189 cm³/mol. The fourth-order valence-corrected chi connectivity index (χ4v) is 7.50. The van der Waals surface area contributed by atoms with E-state index in [1.165, 1.54) is 22.1 Å². The topological polar surface area (TPSA) is 139 Å². The number of halogens is 4. The van der Waals surface area contributed by atoms with Gasteiger partial charge in [-0.25, -0.2) is 0 Å². The van der Waals surface area contributed by atoms with Gasteiger partial charge in [0.15, 0.2) is 11.5 Å². The zero-order valence-corrected chi connectivity index (χ0v) is 29.6. The number of aldehydes is 1. The Hall–Kier alpha value is -4.48. The molecule has 272 valence electrons. The first-order chi connectivity index (χ1) is 24.5. The number of nitrogens with one attached hydrogen (secondary N) is 2. The Morgan fingerprint density at radius 1 is 1.20 bits per heavy atom. The number of piperazine rings is 1. The molecule has 1 fully saturated rings. The molecule has 13 nitrogen and oxygen atoms in total. The van der Waals surface area contributed by atoms with Crippen molar-refractivity contribution in [2.24, 2.45) is 0 Å². The molecule has 3 aliphatic rings. The van der Waals surface area contributed by atoms with Gasteiger partial charge in [0.05, 0.1) is 47.4 Å². The molecule has 1 saturated heterocycles. The van der Waals surface area contributed by atoms with Gasteiger partial charge >= 0.3 is 6.18 Å². The fraction of sp³-hybridized carbons (Fsp3) is 0.455. The number of hydrogen-bond acceptors (Lipinski definition) is 11. The number of fused-ring (bicyclic) bond motifs is 2. The number of carbonyl (C=O) groups excluding carboxylic acids is 2. The van der Waals surface area contributed by atoms with E-state index in [0.717, 1.165) is 59.6 Å². The molecule has 0 saturated carbocycles. The van der Waals surface area contributed by atoms with Crippen LogP contribution in [0, 0.1) is 0 Å². The summed E-state index contributed by atoms with van der Waals surface area (Å²) in [5.41, 5.74) is 3.05. The van der Waals surface area contributed by atoms with Crippen molar-refractivity contribution in [1.82, 2.24) is 28.4 Å². The number of nitrogens with zero attached hydrogens (tertiary/aromatic N) is 7. The van der Waals surface area contributed by atoms with Crippen molar-refractivity contribution in [2.75, 3.05) is 68.5 Å². The van der Waals surface area contributed by atoms with Crippen molar-refractivity contribution in [3.05, 3.63) is 67.3 Å². The average molecular weight is 748 g/mol. The lowest BCUT2D eigenvalue weighted by Gasteiger charge is -2.36. The molecule has 0 bridgehead atoms. The molecule has 3 aliphatic heterocycles. The Bertz CT molecular complexity index is 2020. The van der Waals surface area contributed by atoms with Crippen LogP contribution in [0.1, 0.15) is 52.2 Å². The maximum absolute atomic E-state index is 13.8. The number of alkyl halides is 3. The normalized spacial score (nSPS) is 16.2. The van der Waals surface area contributed by atoms with Gasteiger partial charge in [-0.2, -0.15) is 27.0 Å². The van der Waals surface area contributed by atoms with Crippen LogP contribution >= 0.6 is 23.1 Å². The van der Waals surface area contributed by atoms with Crippen molar-refractivity contribution in [3.63, 3.8) is 0 Å². The molecule has 18 heteroatoms. The maximum Gasteiger partial charge on any atom is 0.416 e. The Morgan fingerprint density at radius 2 is 1.98 bits per heavy atom. The number of hydrogen-bond donors (Lipinski definition) is 2. The molecule has 1 amide bonds. The van der Waals surface area contributed by atoms with Crippen LogP contribution in [0.3, 0.4) is 0 Å². The number of rotatable bonds is 7. The molecular weight excluding hydrogens is 711 g/mol. The van der Waals surface area contributed by atoms with Crippen LogP contribution in [0.4, 0.5) is 30.2 Å². The van der Waals surface area contributed by atoms with E-state index < -0.39 is 11.7 Å². The highest BCUT2D eigenvalue weighted by molar-refractivity contribution is 7.06. The summed E-state index contributed by atoms with van der Waals surface area (Å²) in [7, 11) is 1.59. The van der Waals surface area contributed by atoms with Crippen LogP contribution in [-0.4, -0.2) is 93.6 Å². The zero-order valence-electron chi connectivity index (χ0n) is 28.1. The Kier molecular flexibility index (Phi) is 11.0. The molecule has 0 spiro atoms. The van der Waals surface area contributed by atoms with E-state index >= 15 is 0 Å². The van der Waals surface area contributed by atoms with E-state index in [0.29, 0.717) is 80.9 Å². The lowest BCUT2D eigenvalue weighted by atomic mass is 10.1. The summed E-state index contributed by atoms with van der Waals surface area (Å²) in [5, 5.41) is 10.6. The molecular formula is C33H37ClF3N9O4S. The molecule has 0 unspecified atom stereocenters. The van der Waals surface area contributed by atoms with Crippen molar-refractivity contribution < 1.29 is 27.5 Å². The average Bonchev–Trinajstić information content (AvgIpc) is 3.79. The van der Waals surface area contributed by atoms with Gasteiger partial charge in [0.2, 0.25) is 5.78 Å². The molecule has 2 N–H and O–H groups in total. The summed E-state index contributed by atoms with van der Waals surface area (Å²) < 4.78 is 49.3. The number of ether oxygens (including phenoxy) is 1. The van der Waals surface area contributed by atoms with Crippen LogP contribution in [0.15, 0.2) is 29.1 Å². The summed E-state index contributed by atoms with van der Waals surface area (Å²) in [6.07, 6.45) is 1.62. The van der Waals surface area contributed by atoms with Crippen molar-refractivity contribution in [3.8, 4) is 0 Å². The van der Waals surface area contributed by atoms with E-state index in [-0.39, 0.29) is 23.0 Å². The second kappa shape index (κ2) is 15.4. The fourth-order valence-electron chi connectivity index (χ4n) is 6.36. The Balaban J connectivity index is 0.000000292. The monoisotopic (exact) mass is 747 g/mol. The first-order valence-electron chi connectivity index (χ1n) is 16.6. The highest BCUT2D eigenvalue weighted by atomic mass is 35.5. The molecule has 1 aromatic carbocycles. The van der Waals surface area contributed by atoms with Crippen LogP contribution in [-0.2, 0) is 35.1 Å². The van der Waals surface area contributed by atoms with Gasteiger partial charge in [-0.3, -0.25) is 9.59 Å². The molecule has 4 aromatic rings. The van der Waals surface area contributed by atoms with Crippen molar-refractivity contribution >= 4 is 63.7 Å². The lowest BCUT2D eigenvalue weighted by Crippen LogP contribution is -2.51. The Morgan fingerprint density at radius 3 is 2.63 bits per heavy atom. The summed E-state index contributed by atoms with van der Waals surface area (Å²) in [6.45, 7) is 5.86. The zero-order chi connectivity index (χ0) is 36.3. The van der Waals surface area contributed by atoms with Gasteiger partial charge in [-0.05, 0) is 61.0 Å². The van der Waals surface area contributed by atoms with E-state index in [1.807, 2.05) is 17.9 Å². The molecule has 0 aliphatic carbocycles. The first-order valence-corrected chi connectivity index (χ1v) is 17.7. The molecule has 51 heavy (non-hydrogen) atoms. The molecule has 3 aromatic heterocycles. The predicted octanol–water partition coefficient (Wildman–Crippen LogP) is 4.63. The third-order valence-corrected chi connectivity index (χ3v) is 10.2. The number of benzene rings is 1. The number of carbonyl (C=O) groups is 2. The number of anilines is 3. The minimum absolute atomic E-state index is 0.0670. The molecule has 7 rings (SSSR count). The van der Waals surface area contributed by atoms with Gasteiger partial charge in [0.25, 0.3) is 11.5 Å². The molecule has 6 heterocycles. The highest BCUT2D eigenvalue weighted by Crippen LogP contribution is 2.34. The summed E-state index contributed by atoms with van der Waals surface area (Å²) in [5.74, 6) is 0.770. The number of aromatic nitrogens is 5. The van der Waals surface area contributed by atoms with Gasteiger partial charge in [-0.1, -0.05) is 24.6 Å². The second-order valence-corrected chi connectivity index (χ2v) is 13.3. The van der Waals surface area contributed by atoms with Crippen LogP contribution in [0.5, 0.6) is 0 Å². The summed E-state index contributed by atoms with van der Waals surface area (Å²) in [6, 6.07) is 3.18. The minimum atomic E-state index is -4.34. The van der Waals surface area contributed by atoms with Crippen molar-refractivity contribution in [1.29, 1.82) is 0 Å². The van der Waals surface area contributed by atoms with Gasteiger partial charge in [0, 0.05) is 44.6 Å². The van der Waals surface area contributed by atoms with Gasteiger partial charge in [0.1, 0.15) is 12.0 Å². The highest BCUT2D eigenvalue weighted by Gasteiger charge is 2.32. The van der Waals surface area contributed by atoms with Gasteiger partial charge < -0.3 is 34.5 Å². The van der Waals surface area contributed by atoms with Gasteiger partial charge in [-0.15, -0.1) is 5.10 Å². The third kappa shape index (κ3) is 7.46. The SMILES string of the molecule is CCc1c(N2CCN(C(=O)c3nsc4c3NCCC4)CC2)c(=O)n2nc(C3=CCOCC3)nc2n1CC=O.CNc1ccc(C(F)(F)F)cc1Cl. The first kappa shape index (κ1) is 36.3. The standard InChI is InChI=1S/C25H30N8O4S.C8H7ClF3N/c1-2-17-21(24(36)33-25(32(17)12-13-34)27-22(28-33)16-5-14-37-15-6-16)30-8-10-31(11-9-30)23(35)20-19-18(38-29-20)4-3-7-26-19;1-13-7-3-2-5(4-6(7)9)8(10,11)12/h5,13,26H,2-4,6-12,14-15H2,1H3;2-4,13H,1H3. The van der Waals surface area contributed by atoms with Crippen LogP contribution in [0.25, 0.3) is 11.4 Å². The number of amides is 1. The molecule has 0 radical (unpaired) electrons. The van der Waals surface area contributed by atoms with E-state index in [2.05, 4.69) is 25.1 Å². The molecule has 0 atom stereocenters. The quantitative estimate of drug-likeness (QED) is 0.258. The Labute approximate surface area is 300 Å². The number of aryl methyl sites for hydroxylation is 1. The maximum atomic E-state index is 13.8. The minimum Gasteiger partial charge on any atom is -0.387 e. The lowest BCUT2D eigenvalue weighted by molar-refractivity contribution is -0.137. The van der Waals surface area contributed by atoms with E-state index in [9.17, 15) is 27.6 Å². The smallest absolute Gasteiger partial charge is 0.387 e. The van der Waals surface area contributed by atoms with Crippen molar-refractivity contribution in [2.45, 2.75) is 45.3 Å². The second-order valence-electron chi connectivity index (χ2n) is 12.0.